The van der Waals surface area contributed by atoms with Crippen LogP contribution in [0.15, 0.2) is 28.8 Å². The van der Waals surface area contributed by atoms with Gasteiger partial charge in [-0.2, -0.15) is 4.98 Å². The molecule has 7 heteroatoms. The summed E-state index contributed by atoms with van der Waals surface area (Å²) in [6.07, 6.45) is 5.65. The molecule has 26 heavy (non-hydrogen) atoms. The van der Waals surface area contributed by atoms with Crippen LogP contribution in [0.5, 0.6) is 0 Å². The van der Waals surface area contributed by atoms with E-state index in [0.29, 0.717) is 29.7 Å². The van der Waals surface area contributed by atoms with Gasteiger partial charge in [0.2, 0.25) is 17.6 Å². The Morgan fingerprint density at radius 1 is 1.27 bits per heavy atom. The van der Waals surface area contributed by atoms with Gasteiger partial charge in [0.1, 0.15) is 0 Å². The van der Waals surface area contributed by atoms with E-state index in [1.807, 2.05) is 29.2 Å². The van der Waals surface area contributed by atoms with Gasteiger partial charge in [0.05, 0.1) is 12.5 Å². The van der Waals surface area contributed by atoms with Crippen molar-refractivity contribution in [3.05, 3.63) is 35.2 Å². The first-order valence-corrected chi connectivity index (χ1v) is 9.71. The first-order valence-electron chi connectivity index (χ1n) is 9.34. The third-order valence-electron chi connectivity index (χ3n) is 4.81. The monoisotopic (exact) mass is 377 g/mol. The molecule has 0 bridgehead atoms. The summed E-state index contributed by atoms with van der Waals surface area (Å²) in [6, 6.07) is 7.37. The van der Waals surface area contributed by atoms with Crippen molar-refractivity contribution in [1.82, 2.24) is 15.0 Å². The predicted molar refractivity (Wildman–Crippen MR) is 99.5 cm³/mol. The average molecular weight is 378 g/mol. The van der Waals surface area contributed by atoms with E-state index in [1.54, 1.807) is 0 Å². The molecule has 0 unspecified atom stereocenters. The molecule has 0 saturated carbocycles. The fraction of sp³-hybridized carbons (Fsp3) is 0.526. The highest BCUT2D eigenvalue weighted by Gasteiger charge is 2.28. The Labute approximate surface area is 158 Å². The number of carbonyl (C=O) groups excluding carboxylic acids is 1. The van der Waals surface area contributed by atoms with Crippen molar-refractivity contribution < 1.29 is 15.1 Å². The largest absolute Gasteiger partial charge is 0.358 e. The summed E-state index contributed by atoms with van der Waals surface area (Å²) in [5.74, 6) is 1.52. The average Bonchev–Trinajstić information content (AvgIpc) is 3.16. The van der Waals surface area contributed by atoms with Crippen LogP contribution in [-0.4, -0.2) is 40.6 Å². The van der Waals surface area contributed by atoms with E-state index in [0.717, 1.165) is 50.8 Å². The number of benzene rings is 1. The quantitative estimate of drug-likeness (QED) is 0.751. The molecular formula is C19H26ClN4O2+. The molecule has 140 valence electrons. The van der Waals surface area contributed by atoms with Gasteiger partial charge < -0.3 is 15.2 Å². The summed E-state index contributed by atoms with van der Waals surface area (Å²) >= 11 is 5.92. The van der Waals surface area contributed by atoms with Gasteiger partial charge >= 0.3 is 0 Å². The van der Waals surface area contributed by atoms with Crippen molar-refractivity contribution in [3.8, 4) is 11.4 Å². The number of nitrogens with zero attached hydrogens (tertiary/aromatic N) is 3. The third kappa shape index (κ3) is 4.83. The molecule has 1 aromatic carbocycles. The Balaban J connectivity index is 1.59. The minimum atomic E-state index is 0.112. The maximum Gasteiger partial charge on any atom is 0.231 e. The Morgan fingerprint density at radius 3 is 2.85 bits per heavy atom. The van der Waals surface area contributed by atoms with Crippen molar-refractivity contribution >= 4 is 17.5 Å². The van der Waals surface area contributed by atoms with Crippen LogP contribution in [0.25, 0.3) is 11.4 Å². The van der Waals surface area contributed by atoms with Crippen molar-refractivity contribution in [2.24, 2.45) is 0 Å². The Bertz CT molecular complexity index is 717. The number of hydrogen-bond donors (Lipinski definition) is 1. The second-order valence-corrected chi connectivity index (χ2v) is 7.24. The van der Waals surface area contributed by atoms with Gasteiger partial charge in [0, 0.05) is 30.1 Å². The maximum atomic E-state index is 12.4. The standard InChI is InChI=1S/C19H25ClN4O2/c20-16-9-7-14(8-10-16)18-22-19(26-23-18)15-5-4-12-24(13-15)17(25)6-2-1-3-11-21/h7-10,15H,1-6,11-13,21H2/p+1/t15-/m1/s1. The summed E-state index contributed by atoms with van der Waals surface area (Å²) in [6.45, 7) is 2.42. The van der Waals surface area contributed by atoms with Gasteiger partial charge in [-0.3, -0.25) is 4.79 Å². The lowest BCUT2D eigenvalue weighted by Gasteiger charge is -2.31. The van der Waals surface area contributed by atoms with Crippen LogP contribution in [-0.2, 0) is 4.79 Å². The Hall–Kier alpha value is -1.92. The maximum absolute atomic E-state index is 12.4. The molecule has 1 aliphatic rings. The molecular weight excluding hydrogens is 352 g/mol. The molecule has 1 atom stereocenters. The highest BCUT2D eigenvalue weighted by molar-refractivity contribution is 6.30. The number of quaternary nitrogens is 1. The van der Waals surface area contributed by atoms with Crippen LogP contribution in [0.3, 0.4) is 0 Å². The van der Waals surface area contributed by atoms with E-state index in [1.165, 1.54) is 0 Å². The highest BCUT2D eigenvalue weighted by Crippen LogP contribution is 2.28. The molecule has 0 spiro atoms. The zero-order chi connectivity index (χ0) is 18.4. The molecule has 0 aliphatic carbocycles. The Kier molecular flexibility index (Phi) is 6.63. The lowest BCUT2D eigenvalue weighted by atomic mass is 9.97. The van der Waals surface area contributed by atoms with E-state index >= 15 is 0 Å². The number of amides is 1. The zero-order valence-electron chi connectivity index (χ0n) is 15.0. The molecule has 1 aromatic heterocycles. The lowest BCUT2D eigenvalue weighted by molar-refractivity contribution is -0.368. The van der Waals surface area contributed by atoms with Crippen molar-refractivity contribution in [1.29, 1.82) is 0 Å². The van der Waals surface area contributed by atoms with Crippen LogP contribution >= 0.6 is 11.6 Å². The van der Waals surface area contributed by atoms with Crippen molar-refractivity contribution in [2.75, 3.05) is 19.6 Å². The van der Waals surface area contributed by atoms with Crippen LogP contribution in [0.1, 0.15) is 50.3 Å². The smallest absolute Gasteiger partial charge is 0.231 e. The SMILES string of the molecule is [NH3+]CCCCCC(=O)N1CCC[C@@H](c2nc(-c3ccc(Cl)cc3)no2)C1. The molecule has 2 aromatic rings. The van der Waals surface area contributed by atoms with E-state index < -0.39 is 0 Å². The normalized spacial score (nSPS) is 17.5. The van der Waals surface area contributed by atoms with Crippen molar-refractivity contribution in [2.45, 2.75) is 44.4 Å². The van der Waals surface area contributed by atoms with Crippen LogP contribution in [0.2, 0.25) is 5.02 Å². The van der Waals surface area contributed by atoms with Gasteiger partial charge in [-0.15, -0.1) is 0 Å². The molecule has 2 heterocycles. The first kappa shape index (κ1) is 18.9. The summed E-state index contributed by atoms with van der Waals surface area (Å²) < 4.78 is 5.49. The summed E-state index contributed by atoms with van der Waals surface area (Å²) in [7, 11) is 0. The highest BCUT2D eigenvalue weighted by atomic mass is 35.5. The molecule has 3 rings (SSSR count). The molecule has 1 saturated heterocycles. The number of likely N-dealkylation sites (tertiary alicyclic amines) is 1. The number of aromatic nitrogens is 2. The molecule has 1 aliphatic heterocycles. The third-order valence-corrected chi connectivity index (χ3v) is 5.06. The second kappa shape index (κ2) is 9.14. The van der Waals surface area contributed by atoms with Gasteiger partial charge in [0.25, 0.3) is 0 Å². The number of hydrogen-bond acceptors (Lipinski definition) is 4. The van der Waals surface area contributed by atoms with Crippen LogP contribution in [0.4, 0.5) is 0 Å². The molecule has 6 nitrogen and oxygen atoms in total. The molecule has 1 amide bonds. The van der Waals surface area contributed by atoms with E-state index in [9.17, 15) is 4.79 Å². The van der Waals surface area contributed by atoms with E-state index in [-0.39, 0.29) is 11.8 Å². The number of carbonyl (C=O) groups is 1. The van der Waals surface area contributed by atoms with Gasteiger partial charge in [-0.05, 0) is 56.4 Å². The van der Waals surface area contributed by atoms with Crippen LogP contribution in [0, 0.1) is 0 Å². The summed E-state index contributed by atoms with van der Waals surface area (Å²) in [5, 5.41) is 4.77. The number of piperidine rings is 1. The Morgan fingerprint density at radius 2 is 2.08 bits per heavy atom. The number of rotatable bonds is 7. The molecule has 1 fully saturated rings. The first-order chi connectivity index (χ1) is 12.7. The van der Waals surface area contributed by atoms with Gasteiger partial charge in [-0.25, -0.2) is 0 Å². The fourth-order valence-corrected chi connectivity index (χ4v) is 3.44. The van der Waals surface area contributed by atoms with E-state index in [2.05, 4.69) is 15.9 Å². The van der Waals surface area contributed by atoms with Gasteiger partial charge in [0.15, 0.2) is 0 Å². The predicted octanol–water partition coefficient (Wildman–Crippen LogP) is 2.90. The van der Waals surface area contributed by atoms with E-state index in [4.69, 9.17) is 16.1 Å². The molecule has 0 radical (unpaired) electrons. The molecule has 3 N–H and O–H groups in total. The lowest BCUT2D eigenvalue weighted by Crippen LogP contribution is -2.50. The minimum absolute atomic E-state index is 0.112. The van der Waals surface area contributed by atoms with Gasteiger partial charge in [-0.1, -0.05) is 16.8 Å². The van der Waals surface area contributed by atoms with Crippen LogP contribution < -0.4 is 5.73 Å². The zero-order valence-corrected chi connectivity index (χ0v) is 15.7. The topological polar surface area (TPSA) is 86.9 Å². The summed E-state index contributed by atoms with van der Waals surface area (Å²) in [4.78, 5) is 18.9. The second-order valence-electron chi connectivity index (χ2n) is 6.81. The van der Waals surface area contributed by atoms with Crippen molar-refractivity contribution in [3.63, 3.8) is 0 Å². The number of halogens is 1. The summed E-state index contributed by atoms with van der Waals surface area (Å²) in [5.41, 5.74) is 4.71. The fourth-order valence-electron chi connectivity index (χ4n) is 3.31. The minimum Gasteiger partial charge on any atom is -0.358 e. The number of unbranched alkanes of at least 4 members (excludes halogenated alkanes) is 2.